The molecule has 0 aromatic heterocycles. The zero-order valence-corrected chi connectivity index (χ0v) is 22.0. The summed E-state index contributed by atoms with van der Waals surface area (Å²) in [5.41, 5.74) is 5.25. The second-order valence-corrected chi connectivity index (χ2v) is 9.32. The van der Waals surface area contributed by atoms with Crippen LogP contribution in [0.25, 0.3) is 0 Å². The van der Waals surface area contributed by atoms with Crippen LogP contribution < -0.4 is 27.0 Å². The first kappa shape index (κ1) is 34.2. The van der Waals surface area contributed by atoms with Gasteiger partial charge in [0.1, 0.15) is 24.2 Å². The van der Waals surface area contributed by atoms with E-state index in [4.69, 9.17) is 10.8 Å². The number of aliphatic carboxylic acids is 3. The first-order valence-corrected chi connectivity index (χ1v) is 12.2. The Morgan fingerprint density at radius 1 is 0.737 bits per heavy atom. The molecule has 15 nitrogen and oxygen atoms in total. The van der Waals surface area contributed by atoms with Crippen LogP contribution in [0.2, 0.25) is 0 Å². The Balaban J connectivity index is 5.84. The second-order valence-electron chi connectivity index (χ2n) is 9.32. The lowest BCUT2D eigenvalue weighted by molar-refractivity contribution is -0.144. The molecule has 0 aromatic carbocycles. The number of amides is 4. The fraction of sp³-hybridized carbons (Fsp3) is 0.696. The second kappa shape index (κ2) is 16.9. The third kappa shape index (κ3) is 13.0. The lowest BCUT2D eigenvalue weighted by Crippen LogP contribution is -2.59. The van der Waals surface area contributed by atoms with E-state index in [1.54, 1.807) is 27.7 Å². The fourth-order valence-electron chi connectivity index (χ4n) is 3.36. The first-order valence-electron chi connectivity index (χ1n) is 12.2. The molecule has 0 aliphatic heterocycles. The number of rotatable bonds is 18. The summed E-state index contributed by atoms with van der Waals surface area (Å²) in [4.78, 5) is 84.3. The van der Waals surface area contributed by atoms with Crippen LogP contribution in [0.1, 0.15) is 59.8 Å². The highest BCUT2D eigenvalue weighted by Gasteiger charge is 2.34. The lowest BCUT2D eigenvalue weighted by Gasteiger charge is -2.28. The largest absolute Gasteiger partial charge is 0.481 e. The zero-order chi connectivity index (χ0) is 29.6. The maximum absolute atomic E-state index is 13.1. The van der Waals surface area contributed by atoms with E-state index in [0.29, 0.717) is 6.42 Å². The molecule has 0 aliphatic carbocycles. The molecule has 38 heavy (non-hydrogen) atoms. The number of carboxylic acid groups (broad SMARTS) is 3. The van der Waals surface area contributed by atoms with Gasteiger partial charge in [-0.3, -0.25) is 28.8 Å². The molecule has 0 saturated carbocycles. The first-order chi connectivity index (χ1) is 17.6. The van der Waals surface area contributed by atoms with Gasteiger partial charge >= 0.3 is 17.9 Å². The van der Waals surface area contributed by atoms with Crippen molar-refractivity contribution >= 4 is 41.5 Å². The summed E-state index contributed by atoms with van der Waals surface area (Å²) >= 11 is 0. The Hall–Kier alpha value is -3.75. The maximum Gasteiger partial charge on any atom is 0.326 e. The minimum atomic E-state index is -1.66. The normalized spacial score (nSPS) is 14.8. The van der Waals surface area contributed by atoms with Crippen LogP contribution in [0.5, 0.6) is 0 Å². The predicted octanol–water partition coefficient (Wildman–Crippen LogP) is -1.60. The summed E-state index contributed by atoms with van der Waals surface area (Å²) in [5, 5.41) is 36.8. The molecule has 0 fully saturated rings. The molecule has 0 bridgehead atoms. The summed E-state index contributed by atoms with van der Waals surface area (Å²) in [6.45, 7) is 6.31. The van der Waals surface area contributed by atoms with Gasteiger partial charge in [0.2, 0.25) is 23.6 Å². The van der Waals surface area contributed by atoms with Crippen LogP contribution in [-0.2, 0) is 33.6 Å². The fourth-order valence-corrected chi connectivity index (χ4v) is 3.36. The van der Waals surface area contributed by atoms with Gasteiger partial charge in [0, 0.05) is 6.42 Å². The molecule has 15 heteroatoms. The molecule has 0 saturated heterocycles. The summed E-state index contributed by atoms with van der Waals surface area (Å²) in [5.74, 6) is -8.20. The summed E-state index contributed by atoms with van der Waals surface area (Å²) in [6, 6.07) is -5.60. The molecule has 9 N–H and O–H groups in total. The van der Waals surface area contributed by atoms with Gasteiger partial charge in [-0.05, 0) is 24.7 Å². The molecule has 0 heterocycles. The maximum atomic E-state index is 13.1. The van der Waals surface area contributed by atoms with E-state index in [-0.39, 0.29) is 18.8 Å². The van der Waals surface area contributed by atoms with Crippen molar-refractivity contribution < 1.29 is 48.9 Å². The SMILES string of the molecule is CC[C@H](C)[C@H](NC(=O)[C@H](CCC(=O)O)NC(=O)CN)C(=O)N[C@@H](CC(=O)O)C(=O)N[C@@H](CC(C)C)C(=O)O. The number of nitrogens with one attached hydrogen (secondary N) is 4. The highest BCUT2D eigenvalue weighted by molar-refractivity contribution is 5.96. The Morgan fingerprint density at radius 3 is 1.74 bits per heavy atom. The van der Waals surface area contributed by atoms with E-state index in [1.807, 2.05) is 0 Å². The Morgan fingerprint density at radius 2 is 1.29 bits per heavy atom. The minimum absolute atomic E-state index is 0.0621. The van der Waals surface area contributed by atoms with Crippen molar-refractivity contribution in [1.29, 1.82) is 0 Å². The Kier molecular flexibility index (Phi) is 15.2. The molecule has 0 aromatic rings. The minimum Gasteiger partial charge on any atom is -0.481 e. The highest BCUT2D eigenvalue weighted by Crippen LogP contribution is 2.11. The van der Waals surface area contributed by atoms with Crippen LogP contribution >= 0.6 is 0 Å². The average molecular weight is 546 g/mol. The van der Waals surface area contributed by atoms with Crippen LogP contribution in [-0.4, -0.2) is 87.6 Å². The predicted molar refractivity (Wildman–Crippen MR) is 132 cm³/mol. The molecular weight excluding hydrogens is 506 g/mol. The monoisotopic (exact) mass is 545 g/mol. The van der Waals surface area contributed by atoms with Crippen molar-refractivity contribution in [3.05, 3.63) is 0 Å². The number of hydrogen-bond acceptors (Lipinski definition) is 8. The summed E-state index contributed by atoms with van der Waals surface area (Å²) < 4.78 is 0. The number of nitrogens with two attached hydrogens (primary N) is 1. The van der Waals surface area contributed by atoms with Crippen LogP contribution in [0, 0.1) is 11.8 Å². The number of hydrogen-bond donors (Lipinski definition) is 8. The van der Waals surface area contributed by atoms with E-state index < -0.39 is 91.0 Å². The summed E-state index contributed by atoms with van der Waals surface area (Å²) in [6.07, 6.45) is -1.20. The Labute approximate surface area is 220 Å². The van der Waals surface area contributed by atoms with Gasteiger partial charge in [-0.2, -0.15) is 0 Å². The van der Waals surface area contributed by atoms with Crippen molar-refractivity contribution in [3.63, 3.8) is 0 Å². The molecule has 5 atom stereocenters. The molecule has 4 amide bonds. The molecule has 0 rings (SSSR count). The van der Waals surface area contributed by atoms with E-state index in [1.165, 1.54) is 0 Å². The quantitative estimate of drug-likeness (QED) is 0.0973. The van der Waals surface area contributed by atoms with E-state index in [2.05, 4.69) is 21.3 Å². The lowest BCUT2D eigenvalue weighted by atomic mass is 9.96. The number of carbonyl (C=O) groups is 7. The van der Waals surface area contributed by atoms with Gasteiger partial charge in [0.25, 0.3) is 0 Å². The molecular formula is C23H39N5O10. The standard InChI is InChI=1S/C23H39N5O10/c1-5-12(4)19(28-20(34)13(6-7-17(30)31)25-16(29)10-24)22(36)26-14(9-18(32)33)21(35)27-15(23(37)38)8-11(2)3/h11-15,19H,5-10,24H2,1-4H3,(H,25,29)(H,26,36)(H,27,35)(H,28,34)(H,30,31)(H,32,33)(H,37,38)/t12-,13-,14-,15-,19-/m0/s1. The molecule has 216 valence electrons. The topological polar surface area (TPSA) is 254 Å². The zero-order valence-electron chi connectivity index (χ0n) is 22.0. The van der Waals surface area contributed by atoms with Crippen LogP contribution in [0.4, 0.5) is 0 Å². The van der Waals surface area contributed by atoms with Gasteiger partial charge in [-0.1, -0.05) is 34.1 Å². The van der Waals surface area contributed by atoms with Gasteiger partial charge in [-0.15, -0.1) is 0 Å². The van der Waals surface area contributed by atoms with Gasteiger partial charge in [0.15, 0.2) is 0 Å². The van der Waals surface area contributed by atoms with Crippen molar-refractivity contribution in [2.45, 2.75) is 84.0 Å². The molecule has 0 radical (unpaired) electrons. The summed E-state index contributed by atoms with van der Waals surface area (Å²) in [7, 11) is 0. The van der Waals surface area contributed by atoms with Crippen molar-refractivity contribution in [2.75, 3.05) is 6.54 Å². The molecule has 0 unspecified atom stereocenters. The van der Waals surface area contributed by atoms with Crippen molar-refractivity contribution in [2.24, 2.45) is 17.6 Å². The van der Waals surface area contributed by atoms with E-state index >= 15 is 0 Å². The third-order valence-electron chi connectivity index (χ3n) is 5.61. The number of carbonyl (C=O) groups excluding carboxylic acids is 4. The molecule has 0 aliphatic rings. The Bertz CT molecular complexity index is 879. The molecule has 0 spiro atoms. The van der Waals surface area contributed by atoms with Gasteiger partial charge in [0.05, 0.1) is 13.0 Å². The van der Waals surface area contributed by atoms with Gasteiger partial charge < -0.3 is 42.3 Å². The van der Waals surface area contributed by atoms with Crippen LogP contribution in [0.3, 0.4) is 0 Å². The number of carboxylic acids is 3. The van der Waals surface area contributed by atoms with E-state index in [0.717, 1.165) is 0 Å². The van der Waals surface area contributed by atoms with Gasteiger partial charge in [-0.25, -0.2) is 4.79 Å². The van der Waals surface area contributed by atoms with Crippen molar-refractivity contribution in [1.82, 2.24) is 21.3 Å². The average Bonchev–Trinajstić information content (AvgIpc) is 2.82. The smallest absolute Gasteiger partial charge is 0.326 e. The highest BCUT2D eigenvalue weighted by atomic mass is 16.4. The third-order valence-corrected chi connectivity index (χ3v) is 5.61. The van der Waals surface area contributed by atoms with Crippen LogP contribution in [0.15, 0.2) is 0 Å². The van der Waals surface area contributed by atoms with Crippen molar-refractivity contribution in [3.8, 4) is 0 Å². The van der Waals surface area contributed by atoms with E-state index in [9.17, 15) is 43.8 Å².